The van der Waals surface area contributed by atoms with E-state index < -0.39 is 0 Å². The molecule has 2 rings (SSSR count). The van der Waals surface area contributed by atoms with Crippen LogP contribution < -0.4 is 0 Å². The van der Waals surface area contributed by atoms with E-state index in [1.165, 1.54) is 0 Å². The van der Waals surface area contributed by atoms with E-state index in [9.17, 15) is 4.79 Å². The molecule has 0 aromatic carbocycles. The van der Waals surface area contributed by atoms with Crippen molar-refractivity contribution in [1.29, 1.82) is 0 Å². The number of piperidine rings is 1. The number of hydrogen-bond acceptors (Lipinski definition) is 5. The summed E-state index contributed by atoms with van der Waals surface area (Å²) in [4.78, 5) is 14.0. The number of rotatable bonds is 4. The lowest BCUT2D eigenvalue weighted by atomic mass is 9.98. The third kappa shape index (κ3) is 3.29. The number of hydrogen-bond donors (Lipinski definition) is 0. The van der Waals surface area contributed by atoms with Crippen LogP contribution in [0.2, 0.25) is 0 Å². The first kappa shape index (κ1) is 13.0. The summed E-state index contributed by atoms with van der Waals surface area (Å²) in [5, 5.41) is 7.99. The van der Waals surface area contributed by atoms with Gasteiger partial charge in [-0.15, -0.1) is 5.10 Å². The van der Waals surface area contributed by atoms with Crippen LogP contribution in [-0.4, -0.2) is 45.6 Å². The number of esters is 1. The summed E-state index contributed by atoms with van der Waals surface area (Å²) in [6, 6.07) is 0. The Morgan fingerprint density at radius 3 is 3.11 bits per heavy atom. The molecule has 0 saturated carbocycles. The SMILES string of the molecule is CCOC(=O)[C@H]1CCCN(Cc2cn(C)nn2)C1. The Kier molecular flexibility index (Phi) is 4.30. The summed E-state index contributed by atoms with van der Waals surface area (Å²) in [5.74, 6) is -0.0586. The predicted molar refractivity (Wildman–Crippen MR) is 65.6 cm³/mol. The highest BCUT2D eigenvalue weighted by atomic mass is 16.5. The molecule has 0 N–H and O–H groups in total. The zero-order chi connectivity index (χ0) is 13.0. The van der Waals surface area contributed by atoms with Gasteiger partial charge in [-0.05, 0) is 26.3 Å². The van der Waals surface area contributed by atoms with Crippen molar-refractivity contribution in [1.82, 2.24) is 19.9 Å². The molecule has 1 atom stereocenters. The molecule has 0 amide bonds. The van der Waals surface area contributed by atoms with Gasteiger partial charge in [0.05, 0.1) is 18.2 Å². The van der Waals surface area contributed by atoms with Crippen LogP contribution in [0.5, 0.6) is 0 Å². The van der Waals surface area contributed by atoms with Crippen molar-refractivity contribution < 1.29 is 9.53 Å². The summed E-state index contributed by atoms with van der Waals surface area (Å²) in [6.45, 7) is 4.82. The molecule has 1 saturated heterocycles. The van der Waals surface area contributed by atoms with E-state index in [-0.39, 0.29) is 11.9 Å². The number of nitrogens with zero attached hydrogens (tertiary/aromatic N) is 4. The second-order valence-corrected chi connectivity index (χ2v) is 4.71. The number of carbonyl (C=O) groups excluding carboxylic acids is 1. The molecule has 1 aliphatic heterocycles. The van der Waals surface area contributed by atoms with Crippen LogP contribution >= 0.6 is 0 Å². The summed E-state index contributed by atoms with van der Waals surface area (Å²) in [7, 11) is 1.86. The molecule has 6 nitrogen and oxygen atoms in total. The molecular formula is C12H20N4O2. The Labute approximate surface area is 107 Å². The zero-order valence-electron chi connectivity index (χ0n) is 11.0. The lowest BCUT2D eigenvalue weighted by molar-refractivity contribution is -0.150. The van der Waals surface area contributed by atoms with Gasteiger partial charge >= 0.3 is 5.97 Å². The van der Waals surface area contributed by atoms with Crippen LogP contribution in [0.25, 0.3) is 0 Å². The van der Waals surface area contributed by atoms with Crippen LogP contribution in [0.3, 0.4) is 0 Å². The summed E-state index contributed by atoms with van der Waals surface area (Å²) < 4.78 is 6.78. The van der Waals surface area contributed by atoms with Crippen molar-refractivity contribution in [3.05, 3.63) is 11.9 Å². The Morgan fingerprint density at radius 2 is 2.44 bits per heavy atom. The minimum atomic E-state index is -0.0682. The monoisotopic (exact) mass is 252 g/mol. The van der Waals surface area contributed by atoms with Gasteiger partial charge in [0.1, 0.15) is 0 Å². The molecule has 0 spiro atoms. The highest BCUT2D eigenvalue weighted by Crippen LogP contribution is 2.19. The Bertz CT molecular complexity index is 405. The number of ether oxygens (including phenoxy) is 1. The van der Waals surface area contributed by atoms with E-state index in [4.69, 9.17) is 4.74 Å². The zero-order valence-corrected chi connectivity index (χ0v) is 11.0. The van der Waals surface area contributed by atoms with Gasteiger partial charge in [0.2, 0.25) is 0 Å². The maximum atomic E-state index is 11.7. The lowest BCUT2D eigenvalue weighted by Crippen LogP contribution is -2.39. The van der Waals surface area contributed by atoms with Gasteiger partial charge in [0, 0.05) is 26.3 Å². The fraction of sp³-hybridized carbons (Fsp3) is 0.750. The quantitative estimate of drug-likeness (QED) is 0.734. The van der Waals surface area contributed by atoms with Crippen molar-refractivity contribution in [2.24, 2.45) is 13.0 Å². The largest absolute Gasteiger partial charge is 0.466 e. The highest BCUT2D eigenvalue weighted by Gasteiger charge is 2.27. The number of carbonyl (C=O) groups is 1. The lowest BCUT2D eigenvalue weighted by Gasteiger charge is -2.30. The van der Waals surface area contributed by atoms with Gasteiger partial charge in [-0.25, -0.2) is 0 Å². The van der Waals surface area contributed by atoms with Crippen LogP contribution in [0.1, 0.15) is 25.5 Å². The summed E-state index contributed by atoms with van der Waals surface area (Å²) in [6.07, 6.45) is 3.87. The van der Waals surface area contributed by atoms with Gasteiger partial charge < -0.3 is 4.74 Å². The average Bonchev–Trinajstić information content (AvgIpc) is 2.75. The smallest absolute Gasteiger partial charge is 0.310 e. The summed E-state index contributed by atoms with van der Waals surface area (Å²) >= 11 is 0. The molecule has 1 aromatic rings. The van der Waals surface area contributed by atoms with E-state index in [1.807, 2.05) is 20.2 Å². The minimum absolute atomic E-state index is 0.00960. The van der Waals surface area contributed by atoms with Gasteiger partial charge in [-0.3, -0.25) is 14.4 Å². The Morgan fingerprint density at radius 1 is 1.61 bits per heavy atom. The molecule has 100 valence electrons. The first-order valence-electron chi connectivity index (χ1n) is 6.43. The van der Waals surface area contributed by atoms with Crippen molar-refractivity contribution in [3.8, 4) is 0 Å². The number of likely N-dealkylation sites (tertiary alicyclic amines) is 1. The molecule has 1 aliphatic rings. The van der Waals surface area contributed by atoms with Crippen molar-refractivity contribution in [2.75, 3.05) is 19.7 Å². The maximum absolute atomic E-state index is 11.7. The van der Waals surface area contributed by atoms with Gasteiger partial charge in [-0.1, -0.05) is 5.21 Å². The second kappa shape index (κ2) is 5.95. The molecule has 2 heterocycles. The number of aryl methyl sites for hydroxylation is 1. The third-order valence-corrected chi connectivity index (χ3v) is 3.16. The molecular weight excluding hydrogens is 232 g/mol. The fourth-order valence-corrected chi connectivity index (χ4v) is 2.35. The molecule has 1 aromatic heterocycles. The maximum Gasteiger partial charge on any atom is 0.310 e. The van der Waals surface area contributed by atoms with E-state index in [2.05, 4.69) is 15.2 Å². The molecule has 0 bridgehead atoms. The number of aromatic nitrogens is 3. The standard InChI is InChI=1S/C12H20N4O2/c1-3-18-12(17)10-5-4-6-16(7-10)9-11-8-15(2)14-13-11/h8,10H,3-7,9H2,1-2H3/t10-/m0/s1. The fourth-order valence-electron chi connectivity index (χ4n) is 2.35. The van der Waals surface area contributed by atoms with E-state index in [0.717, 1.165) is 38.2 Å². The summed E-state index contributed by atoms with van der Waals surface area (Å²) in [5.41, 5.74) is 0.946. The first-order valence-corrected chi connectivity index (χ1v) is 6.43. The average molecular weight is 252 g/mol. The minimum Gasteiger partial charge on any atom is -0.466 e. The molecule has 0 unspecified atom stereocenters. The predicted octanol–water partition coefficient (Wildman–Crippen LogP) is 0.590. The second-order valence-electron chi connectivity index (χ2n) is 4.71. The molecule has 0 radical (unpaired) electrons. The van der Waals surface area contributed by atoms with E-state index in [1.54, 1.807) is 4.68 Å². The molecule has 1 fully saturated rings. The van der Waals surface area contributed by atoms with Gasteiger partial charge in [0.25, 0.3) is 0 Å². The first-order chi connectivity index (χ1) is 8.69. The van der Waals surface area contributed by atoms with Crippen molar-refractivity contribution >= 4 is 5.97 Å². The van der Waals surface area contributed by atoms with Gasteiger partial charge in [-0.2, -0.15) is 0 Å². The molecule has 18 heavy (non-hydrogen) atoms. The van der Waals surface area contributed by atoms with E-state index in [0.29, 0.717) is 6.61 Å². The van der Waals surface area contributed by atoms with Crippen LogP contribution in [0.4, 0.5) is 0 Å². The van der Waals surface area contributed by atoms with Crippen LogP contribution in [0.15, 0.2) is 6.20 Å². The topological polar surface area (TPSA) is 60.2 Å². The van der Waals surface area contributed by atoms with Crippen molar-refractivity contribution in [2.45, 2.75) is 26.3 Å². The van der Waals surface area contributed by atoms with Crippen LogP contribution in [0, 0.1) is 5.92 Å². The van der Waals surface area contributed by atoms with E-state index >= 15 is 0 Å². The van der Waals surface area contributed by atoms with Gasteiger partial charge in [0.15, 0.2) is 0 Å². The molecule has 0 aliphatic carbocycles. The molecule has 6 heteroatoms. The normalized spacial score (nSPS) is 20.9. The Balaban J connectivity index is 1.88. The highest BCUT2D eigenvalue weighted by molar-refractivity contribution is 5.72. The van der Waals surface area contributed by atoms with Crippen LogP contribution in [-0.2, 0) is 23.1 Å². The van der Waals surface area contributed by atoms with Crippen molar-refractivity contribution in [3.63, 3.8) is 0 Å². The Hall–Kier alpha value is -1.43. The third-order valence-electron chi connectivity index (χ3n) is 3.16.